The number of hydrogen-bond donors (Lipinski definition) is 1. The lowest BCUT2D eigenvalue weighted by molar-refractivity contribution is 0.188. The summed E-state index contributed by atoms with van der Waals surface area (Å²) < 4.78 is 5.18. The van der Waals surface area contributed by atoms with Gasteiger partial charge in [-0.05, 0) is 48.2 Å². The molecule has 140 valence electrons. The Hall–Kier alpha value is -2.79. The van der Waals surface area contributed by atoms with Crippen LogP contribution in [0.1, 0.15) is 17.4 Å². The monoisotopic (exact) mass is 380 g/mol. The topological polar surface area (TPSA) is 41.6 Å². The van der Waals surface area contributed by atoms with Crippen LogP contribution in [0.4, 0.5) is 10.5 Å². The first-order valence-corrected chi connectivity index (χ1v) is 9.81. The molecule has 0 saturated heterocycles. The van der Waals surface area contributed by atoms with Gasteiger partial charge < -0.3 is 15.0 Å². The highest BCUT2D eigenvalue weighted by molar-refractivity contribution is 7.09. The van der Waals surface area contributed by atoms with Crippen LogP contribution in [-0.2, 0) is 13.0 Å². The largest absolute Gasteiger partial charge is 0.497 e. The maximum Gasteiger partial charge on any atom is 0.322 e. The Morgan fingerprint density at radius 1 is 1.07 bits per heavy atom. The van der Waals surface area contributed by atoms with E-state index in [0.29, 0.717) is 6.54 Å². The molecule has 0 aliphatic rings. The molecule has 1 heterocycles. The number of carbonyl (C=O) groups is 1. The summed E-state index contributed by atoms with van der Waals surface area (Å²) in [4.78, 5) is 16.2. The third-order valence-corrected chi connectivity index (χ3v) is 5.31. The summed E-state index contributed by atoms with van der Waals surface area (Å²) in [5, 5.41) is 5.08. The summed E-state index contributed by atoms with van der Waals surface area (Å²) in [6.07, 6.45) is 0.834. The third-order valence-electron chi connectivity index (χ3n) is 4.41. The Morgan fingerprint density at radius 2 is 1.81 bits per heavy atom. The van der Waals surface area contributed by atoms with Gasteiger partial charge in [0.15, 0.2) is 0 Å². The van der Waals surface area contributed by atoms with Gasteiger partial charge >= 0.3 is 6.03 Å². The fourth-order valence-electron chi connectivity index (χ4n) is 2.91. The number of nitrogens with zero attached hydrogens (tertiary/aromatic N) is 1. The van der Waals surface area contributed by atoms with E-state index in [4.69, 9.17) is 4.74 Å². The van der Waals surface area contributed by atoms with Gasteiger partial charge in [-0.3, -0.25) is 0 Å². The minimum absolute atomic E-state index is 0.0714. The normalized spacial score (nSPS) is 11.6. The summed E-state index contributed by atoms with van der Waals surface area (Å²) in [6, 6.07) is 21.6. The fraction of sp³-hybridized carbons (Fsp3) is 0.227. The van der Waals surface area contributed by atoms with Gasteiger partial charge in [0.25, 0.3) is 0 Å². The maximum atomic E-state index is 13.0. The molecule has 0 bridgehead atoms. The lowest BCUT2D eigenvalue weighted by Crippen LogP contribution is -2.41. The smallest absolute Gasteiger partial charge is 0.322 e. The molecule has 0 aliphatic heterocycles. The predicted molar refractivity (Wildman–Crippen MR) is 111 cm³/mol. The molecule has 0 radical (unpaired) electrons. The zero-order chi connectivity index (χ0) is 19.1. The average molecular weight is 381 g/mol. The number of ether oxygens (including phenoxy) is 1. The minimum Gasteiger partial charge on any atom is -0.497 e. The molecule has 3 aromatic rings. The third kappa shape index (κ3) is 5.34. The van der Waals surface area contributed by atoms with Gasteiger partial charge in [0.1, 0.15) is 5.75 Å². The Labute approximate surface area is 164 Å². The van der Waals surface area contributed by atoms with Crippen molar-refractivity contribution in [3.63, 3.8) is 0 Å². The number of urea groups is 1. The lowest BCUT2D eigenvalue weighted by Gasteiger charge is -2.29. The van der Waals surface area contributed by atoms with Crippen molar-refractivity contribution in [2.24, 2.45) is 0 Å². The highest BCUT2D eigenvalue weighted by Crippen LogP contribution is 2.19. The van der Waals surface area contributed by atoms with Crippen molar-refractivity contribution in [1.82, 2.24) is 4.90 Å². The van der Waals surface area contributed by atoms with Crippen molar-refractivity contribution in [3.8, 4) is 5.75 Å². The number of rotatable bonds is 7. The first-order valence-electron chi connectivity index (χ1n) is 8.93. The predicted octanol–water partition coefficient (Wildman–Crippen LogP) is 5.42. The lowest BCUT2D eigenvalue weighted by atomic mass is 10.1. The van der Waals surface area contributed by atoms with Gasteiger partial charge in [-0.1, -0.05) is 36.4 Å². The molecule has 1 aromatic heterocycles. The van der Waals surface area contributed by atoms with Crippen LogP contribution in [0.2, 0.25) is 0 Å². The van der Waals surface area contributed by atoms with Gasteiger partial charge in [-0.2, -0.15) is 0 Å². The van der Waals surface area contributed by atoms with E-state index in [-0.39, 0.29) is 12.1 Å². The first kappa shape index (κ1) is 19.0. The fourth-order valence-corrected chi connectivity index (χ4v) is 3.73. The molecule has 2 amide bonds. The van der Waals surface area contributed by atoms with Crippen LogP contribution < -0.4 is 10.1 Å². The average Bonchev–Trinajstić information content (AvgIpc) is 3.20. The van der Waals surface area contributed by atoms with E-state index in [1.807, 2.05) is 65.6 Å². The van der Waals surface area contributed by atoms with Crippen molar-refractivity contribution in [1.29, 1.82) is 0 Å². The number of methoxy groups -OCH3 is 1. The van der Waals surface area contributed by atoms with E-state index in [1.54, 1.807) is 18.4 Å². The summed E-state index contributed by atoms with van der Waals surface area (Å²) >= 11 is 1.72. The van der Waals surface area contributed by atoms with Crippen molar-refractivity contribution in [3.05, 3.63) is 82.6 Å². The second kappa shape index (κ2) is 9.24. The first-order chi connectivity index (χ1) is 13.2. The molecule has 0 unspecified atom stereocenters. The standard InChI is InChI=1S/C22H24N2O2S/c1-17(15-21-9-6-14-27-21)24(16-18-7-4-3-5-8-18)22(25)23-19-10-12-20(26-2)13-11-19/h3-14,17H,15-16H2,1-2H3,(H,23,25)/t17-/m1/s1. The van der Waals surface area contributed by atoms with Crippen LogP contribution in [0, 0.1) is 0 Å². The highest BCUT2D eigenvalue weighted by Gasteiger charge is 2.21. The van der Waals surface area contributed by atoms with E-state index >= 15 is 0 Å². The second-order valence-corrected chi connectivity index (χ2v) is 7.44. The van der Waals surface area contributed by atoms with E-state index < -0.39 is 0 Å². The van der Waals surface area contributed by atoms with E-state index in [1.165, 1.54) is 4.88 Å². The number of hydrogen-bond acceptors (Lipinski definition) is 3. The van der Waals surface area contributed by atoms with Crippen molar-refractivity contribution < 1.29 is 9.53 Å². The molecule has 1 atom stereocenters. The van der Waals surface area contributed by atoms with Gasteiger partial charge in [-0.15, -0.1) is 11.3 Å². The van der Waals surface area contributed by atoms with Gasteiger partial charge in [0.2, 0.25) is 0 Å². The number of carbonyl (C=O) groups excluding carboxylic acids is 1. The molecule has 2 aromatic carbocycles. The van der Waals surface area contributed by atoms with E-state index in [2.05, 4.69) is 23.7 Å². The van der Waals surface area contributed by atoms with Crippen LogP contribution in [0.5, 0.6) is 5.75 Å². The van der Waals surface area contributed by atoms with Gasteiger partial charge in [0.05, 0.1) is 7.11 Å². The number of benzene rings is 2. The van der Waals surface area contributed by atoms with Crippen LogP contribution in [-0.4, -0.2) is 24.1 Å². The van der Waals surface area contributed by atoms with Crippen molar-refractivity contribution >= 4 is 23.1 Å². The Kier molecular flexibility index (Phi) is 6.49. The SMILES string of the molecule is COc1ccc(NC(=O)N(Cc2ccccc2)[C@H](C)Cc2cccs2)cc1. The number of amides is 2. The molecule has 0 aliphatic carbocycles. The van der Waals surface area contributed by atoms with Crippen LogP contribution in [0.25, 0.3) is 0 Å². The molecule has 0 saturated carbocycles. The molecular formula is C22H24N2O2S. The maximum absolute atomic E-state index is 13.0. The van der Waals surface area contributed by atoms with Crippen molar-refractivity contribution in [2.45, 2.75) is 25.9 Å². The molecule has 3 rings (SSSR count). The second-order valence-electron chi connectivity index (χ2n) is 6.40. The van der Waals surface area contributed by atoms with Crippen molar-refractivity contribution in [2.75, 3.05) is 12.4 Å². The minimum atomic E-state index is -0.104. The zero-order valence-electron chi connectivity index (χ0n) is 15.6. The van der Waals surface area contributed by atoms with Crippen LogP contribution >= 0.6 is 11.3 Å². The molecule has 0 spiro atoms. The quantitative estimate of drug-likeness (QED) is 0.594. The molecule has 1 N–H and O–H groups in total. The Morgan fingerprint density at radius 3 is 2.44 bits per heavy atom. The molecular weight excluding hydrogens is 356 g/mol. The zero-order valence-corrected chi connectivity index (χ0v) is 16.4. The number of anilines is 1. The van der Waals surface area contributed by atoms with Crippen LogP contribution in [0.3, 0.4) is 0 Å². The van der Waals surface area contributed by atoms with E-state index in [9.17, 15) is 4.79 Å². The van der Waals surface area contributed by atoms with Crippen LogP contribution in [0.15, 0.2) is 72.1 Å². The highest BCUT2D eigenvalue weighted by atomic mass is 32.1. The number of thiophene rings is 1. The molecule has 5 heteroatoms. The Balaban J connectivity index is 1.75. The molecule has 27 heavy (non-hydrogen) atoms. The summed E-state index contributed by atoms with van der Waals surface area (Å²) in [5.41, 5.74) is 1.86. The summed E-state index contributed by atoms with van der Waals surface area (Å²) in [5.74, 6) is 0.764. The molecule has 4 nitrogen and oxygen atoms in total. The Bertz CT molecular complexity index is 833. The van der Waals surface area contributed by atoms with Gasteiger partial charge in [-0.25, -0.2) is 4.79 Å². The number of nitrogens with one attached hydrogen (secondary N) is 1. The summed E-state index contributed by atoms with van der Waals surface area (Å²) in [6.45, 7) is 2.66. The molecule has 0 fully saturated rings. The summed E-state index contributed by atoms with van der Waals surface area (Å²) in [7, 11) is 1.63. The van der Waals surface area contributed by atoms with Gasteiger partial charge in [0, 0.05) is 29.6 Å². The van der Waals surface area contributed by atoms with E-state index in [0.717, 1.165) is 23.4 Å².